The highest BCUT2D eigenvalue weighted by molar-refractivity contribution is 6.33. The van der Waals surface area contributed by atoms with Crippen molar-refractivity contribution >= 4 is 34.4 Å². The number of carbonyl (C=O) groups is 1. The molecule has 11 nitrogen and oxygen atoms in total. The Morgan fingerprint density at radius 1 is 1.12 bits per heavy atom. The minimum atomic E-state index is -0.377. The van der Waals surface area contributed by atoms with Crippen molar-refractivity contribution in [3.05, 3.63) is 81.8 Å². The molecular formula is C30H28ClN7O4. The Hall–Kier alpha value is -4.48. The first kappa shape index (κ1) is 27.7. The van der Waals surface area contributed by atoms with E-state index in [1.54, 1.807) is 49.8 Å². The van der Waals surface area contributed by atoms with E-state index in [4.69, 9.17) is 25.8 Å². The molecule has 1 fully saturated rings. The van der Waals surface area contributed by atoms with Gasteiger partial charge in [0.1, 0.15) is 5.65 Å². The van der Waals surface area contributed by atoms with Crippen molar-refractivity contribution in [2.24, 2.45) is 0 Å². The van der Waals surface area contributed by atoms with Crippen LogP contribution in [0.25, 0.3) is 33.5 Å². The predicted octanol–water partition coefficient (Wildman–Crippen LogP) is 4.66. The lowest BCUT2D eigenvalue weighted by Gasteiger charge is -2.23. The van der Waals surface area contributed by atoms with Gasteiger partial charge in [-0.15, -0.1) is 0 Å². The molecule has 0 radical (unpaired) electrons. The zero-order valence-corrected chi connectivity index (χ0v) is 23.7. The Labute approximate surface area is 245 Å². The number of halogens is 1. The summed E-state index contributed by atoms with van der Waals surface area (Å²) in [4.78, 5) is 44.8. The van der Waals surface area contributed by atoms with Crippen LogP contribution in [0.4, 0.5) is 5.95 Å². The average molecular weight is 586 g/mol. The van der Waals surface area contributed by atoms with Crippen molar-refractivity contribution in [1.29, 1.82) is 0 Å². The summed E-state index contributed by atoms with van der Waals surface area (Å²) in [5.41, 5.74) is 2.44. The molecule has 1 N–H and O–H groups in total. The van der Waals surface area contributed by atoms with Gasteiger partial charge < -0.3 is 14.6 Å². The second-order valence-electron chi connectivity index (χ2n) is 10.2. The number of ketones is 1. The van der Waals surface area contributed by atoms with Gasteiger partial charge in [0.2, 0.25) is 17.7 Å². The van der Waals surface area contributed by atoms with Crippen LogP contribution in [0.2, 0.25) is 5.02 Å². The van der Waals surface area contributed by atoms with Crippen LogP contribution in [0, 0.1) is 6.92 Å². The van der Waals surface area contributed by atoms with Gasteiger partial charge in [0.25, 0.3) is 5.56 Å². The van der Waals surface area contributed by atoms with Gasteiger partial charge in [0.05, 0.1) is 6.54 Å². The van der Waals surface area contributed by atoms with E-state index in [0.717, 1.165) is 18.4 Å². The second kappa shape index (κ2) is 12.2. The summed E-state index contributed by atoms with van der Waals surface area (Å²) in [6.45, 7) is 2.89. The first-order valence-electron chi connectivity index (χ1n) is 13.7. The number of hydrogen-bond acceptors (Lipinski definition) is 10. The first-order chi connectivity index (χ1) is 20.4. The highest BCUT2D eigenvalue weighted by Gasteiger charge is 2.20. The summed E-state index contributed by atoms with van der Waals surface area (Å²) < 4.78 is 11.9. The zero-order chi connectivity index (χ0) is 29.1. The lowest BCUT2D eigenvalue weighted by Crippen LogP contribution is -2.29. The quantitative estimate of drug-likeness (QED) is 0.260. The Morgan fingerprint density at radius 2 is 1.98 bits per heavy atom. The largest absolute Gasteiger partial charge is 0.381 e. The maximum atomic E-state index is 14.0. The van der Waals surface area contributed by atoms with Crippen LogP contribution in [0.3, 0.4) is 0 Å². The molecule has 1 saturated heterocycles. The number of pyridine rings is 2. The molecule has 1 aliphatic heterocycles. The number of aromatic nitrogens is 6. The molecule has 0 amide bonds. The van der Waals surface area contributed by atoms with Gasteiger partial charge in [-0.3, -0.25) is 19.1 Å². The minimum Gasteiger partial charge on any atom is -0.381 e. The van der Waals surface area contributed by atoms with Gasteiger partial charge in [-0.25, -0.2) is 4.98 Å². The maximum Gasteiger partial charge on any atom is 0.260 e. The molecule has 0 bridgehead atoms. The van der Waals surface area contributed by atoms with Gasteiger partial charge >= 0.3 is 0 Å². The number of carbonyl (C=O) groups excluding carboxylic acids is 1. The molecular weight excluding hydrogens is 558 g/mol. The number of rotatable bonds is 9. The Balaban J connectivity index is 1.37. The van der Waals surface area contributed by atoms with E-state index in [1.165, 1.54) is 4.57 Å². The van der Waals surface area contributed by atoms with Gasteiger partial charge in [-0.2, -0.15) is 9.97 Å². The number of hydrogen-bond donors (Lipinski definition) is 1. The molecule has 5 aromatic rings. The van der Waals surface area contributed by atoms with Crippen molar-refractivity contribution in [1.82, 2.24) is 29.7 Å². The molecule has 0 saturated carbocycles. The van der Waals surface area contributed by atoms with E-state index in [0.29, 0.717) is 70.0 Å². The standard InChI is InChI=1S/C30H28ClN7O4/c1-18-34-27(37-42-18)20-5-7-24(26(31)14-20)25-13-21-16-33-30(35-22-8-11-41-12-9-22)36-28(21)38(29(25)40)17-23(39)6-4-19-3-2-10-32-15-19/h2-3,5,7,10,13-16,22H,4,6,8-9,11-12,17H2,1H3,(H,33,35,36). The van der Waals surface area contributed by atoms with Gasteiger partial charge in [0.15, 0.2) is 5.78 Å². The number of anilines is 1. The van der Waals surface area contributed by atoms with E-state index < -0.39 is 0 Å². The molecule has 0 aliphatic carbocycles. The summed E-state index contributed by atoms with van der Waals surface area (Å²) in [7, 11) is 0. The van der Waals surface area contributed by atoms with E-state index in [1.807, 2.05) is 12.1 Å². The van der Waals surface area contributed by atoms with Gasteiger partial charge in [-0.1, -0.05) is 35.0 Å². The molecule has 0 atom stereocenters. The van der Waals surface area contributed by atoms with Crippen molar-refractivity contribution in [2.75, 3.05) is 18.5 Å². The third-order valence-electron chi connectivity index (χ3n) is 7.18. The van der Waals surface area contributed by atoms with E-state index >= 15 is 0 Å². The fourth-order valence-corrected chi connectivity index (χ4v) is 5.25. The monoisotopic (exact) mass is 585 g/mol. The van der Waals surface area contributed by atoms with Crippen LogP contribution in [0.15, 0.2) is 64.3 Å². The van der Waals surface area contributed by atoms with Crippen LogP contribution in [0.1, 0.15) is 30.7 Å². The molecule has 42 heavy (non-hydrogen) atoms. The summed E-state index contributed by atoms with van der Waals surface area (Å²) in [5, 5.41) is 8.23. The maximum absolute atomic E-state index is 14.0. The molecule has 4 aromatic heterocycles. The molecule has 6 rings (SSSR count). The smallest absolute Gasteiger partial charge is 0.260 e. The van der Waals surface area contributed by atoms with Crippen LogP contribution >= 0.6 is 11.6 Å². The van der Waals surface area contributed by atoms with E-state index in [-0.39, 0.29) is 30.3 Å². The summed E-state index contributed by atoms with van der Waals surface area (Å²) in [6.07, 6.45) is 7.52. The number of fused-ring (bicyclic) bond motifs is 1. The van der Waals surface area contributed by atoms with Crippen molar-refractivity contribution in [3.63, 3.8) is 0 Å². The molecule has 1 aliphatic rings. The van der Waals surface area contributed by atoms with E-state index in [9.17, 15) is 9.59 Å². The Morgan fingerprint density at radius 3 is 2.71 bits per heavy atom. The number of nitrogens with zero attached hydrogens (tertiary/aromatic N) is 6. The Bertz CT molecular complexity index is 1800. The van der Waals surface area contributed by atoms with Crippen LogP contribution in [-0.2, 0) is 22.5 Å². The third-order valence-corrected chi connectivity index (χ3v) is 7.49. The van der Waals surface area contributed by atoms with Gasteiger partial charge in [0, 0.05) is 78.3 Å². The number of nitrogens with one attached hydrogen (secondary N) is 1. The molecule has 12 heteroatoms. The first-order valence-corrected chi connectivity index (χ1v) is 14.1. The SMILES string of the molecule is Cc1nc(-c2ccc(-c3cc4cnc(NC5CCOCC5)nc4n(CC(=O)CCc4cccnc4)c3=O)c(Cl)c2)no1. The number of benzene rings is 1. The topological polar surface area (TPSA) is 138 Å². The number of Topliss-reactive ketones (excluding diaryl/α,β-unsaturated/α-hetero) is 1. The molecule has 0 unspecified atom stereocenters. The van der Waals surface area contributed by atoms with Crippen molar-refractivity contribution in [2.45, 2.75) is 45.2 Å². The summed E-state index contributed by atoms with van der Waals surface area (Å²) >= 11 is 6.69. The fraction of sp³-hybridized carbons (Fsp3) is 0.300. The molecule has 214 valence electrons. The Kier molecular flexibility index (Phi) is 8.02. The lowest BCUT2D eigenvalue weighted by molar-refractivity contribution is -0.119. The summed E-state index contributed by atoms with van der Waals surface area (Å²) in [5.74, 6) is 1.12. The minimum absolute atomic E-state index is 0.106. The predicted molar refractivity (Wildman–Crippen MR) is 157 cm³/mol. The fourth-order valence-electron chi connectivity index (χ4n) is 4.97. The van der Waals surface area contributed by atoms with Crippen LogP contribution in [-0.4, -0.2) is 54.7 Å². The molecule has 1 aromatic carbocycles. The molecule has 0 spiro atoms. The number of aryl methyl sites for hydroxylation is 2. The van der Waals surface area contributed by atoms with Crippen molar-refractivity contribution in [3.8, 4) is 22.5 Å². The normalized spacial score (nSPS) is 13.9. The van der Waals surface area contributed by atoms with Crippen molar-refractivity contribution < 1.29 is 14.1 Å². The highest BCUT2D eigenvalue weighted by Crippen LogP contribution is 2.31. The zero-order valence-electron chi connectivity index (χ0n) is 22.9. The lowest BCUT2D eigenvalue weighted by atomic mass is 10.0. The summed E-state index contributed by atoms with van der Waals surface area (Å²) in [6, 6.07) is 10.8. The number of ether oxygens (including phenoxy) is 1. The highest BCUT2D eigenvalue weighted by atomic mass is 35.5. The average Bonchev–Trinajstić information content (AvgIpc) is 3.45. The molecule has 5 heterocycles. The third kappa shape index (κ3) is 6.07. The van der Waals surface area contributed by atoms with Gasteiger partial charge in [-0.05, 0) is 43.0 Å². The van der Waals surface area contributed by atoms with E-state index in [2.05, 4.69) is 25.4 Å². The van der Waals surface area contributed by atoms with Crippen LogP contribution in [0.5, 0.6) is 0 Å². The second-order valence-corrected chi connectivity index (χ2v) is 10.6. The van der Waals surface area contributed by atoms with Crippen LogP contribution < -0.4 is 10.9 Å².